The van der Waals surface area contributed by atoms with E-state index in [-0.39, 0.29) is 11.4 Å². The van der Waals surface area contributed by atoms with Gasteiger partial charge in [-0.3, -0.25) is 4.55 Å². The summed E-state index contributed by atoms with van der Waals surface area (Å²) in [7, 11) is -3.67. The van der Waals surface area contributed by atoms with Crippen molar-refractivity contribution in [1.82, 2.24) is 0 Å². The van der Waals surface area contributed by atoms with Gasteiger partial charge in [-0.1, -0.05) is 29.8 Å². The van der Waals surface area contributed by atoms with E-state index in [4.69, 9.17) is 4.55 Å². The van der Waals surface area contributed by atoms with Crippen molar-refractivity contribution in [2.75, 3.05) is 12.9 Å². The van der Waals surface area contributed by atoms with Crippen LogP contribution in [0.5, 0.6) is 0 Å². The highest BCUT2D eigenvalue weighted by molar-refractivity contribution is 8.00. The molecule has 0 spiro atoms. The van der Waals surface area contributed by atoms with Gasteiger partial charge in [0.1, 0.15) is 0 Å². The van der Waals surface area contributed by atoms with E-state index in [1.165, 1.54) is 10.5 Å². The molecule has 0 aliphatic heterocycles. The number of allylic oxidation sites excluding steroid dienone is 2. The van der Waals surface area contributed by atoms with Crippen molar-refractivity contribution in [1.29, 1.82) is 0 Å². The maximum Gasteiger partial charge on any atom is 0.261 e. The predicted molar refractivity (Wildman–Crippen MR) is 98.5 cm³/mol. The van der Waals surface area contributed by atoms with E-state index in [2.05, 4.69) is 51.1 Å². The van der Waals surface area contributed by atoms with Crippen molar-refractivity contribution in [3.05, 3.63) is 42.0 Å². The third kappa shape index (κ3) is 14.5. The van der Waals surface area contributed by atoms with Gasteiger partial charge in [0.15, 0.2) is 0 Å². The minimum absolute atomic E-state index is 0.113. The van der Waals surface area contributed by atoms with Gasteiger partial charge in [-0.05, 0) is 52.2 Å². The van der Waals surface area contributed by atoms with E-state index in [1.807, 2.05) is 17.8 Å². The average Bonchev–Trinajstić information content (AvgIpc) is 2.37. The number of rotatable bonds is 7. The highest BCUT2D eigenvalue weighted by atomic mass is 32.2. The Morgan fingerprint density at radius 3 is 2.17 bits per heavy atom. The Labute approximate surface area is 144 Å². The van der Waals surface area contributed by atoms with Gasteiger partial charge in [0.05, 0.1) is 6.26 Å². The Balaban J connectivity index is 0.000000841. The van der Waals surface area contributed by atoms with Crippen LogP contribution in [0, 0.1) is 0 Å². The molecule has 0 amide bonds. The SMILES string of the molecule is CC(C)=CCCC(C)(CCO)Sc1ccccc1.CS(=O)(=O)O. The highest BCUT2D eigenvalue weighted by Crippen LogP contribution is 2.38. The zero-order valence-electron chi connectivity index (χ0n) is 14.3. The van der Waals surface area contributed by atoms with Crippen LogP contribution in [-0.2, 0) is 10.1 Å². The molecule has 132 valence electrons. The molecule has 0 fully saturated rings. The Kier molecular flexibility index (Phi) is 10.5. The van der Waals surface area contributed by atoms with Crippen LogP contribution >= 0.6 is 11.8 Å². The first-order valence-corrected chi connectivity index (χ1v) is 10.1. The van der Waals surface area contributed by atoms with Gasteiger partial charge in [0, 0.05) is 16.2 Å². The van der Waals surface area contributed by atoms with Crippen LogP contribution in [0.4, 0.5) is 0 Å². The van der Waals surface area contributed by atoms with Crippen LogP contribution in [0.25, 0.3) is 0 Å². The maximum atomic E-state index is 9.26. The first-order chi connectivity index (χ1) is 10.6. The molecule has 0 bridgehead atoms. The molecule has 23 heavy (non-hydrogen) atoms. The lowest BCUT2D eigenvalue weighted by Crippen LogP contribution is -2.21. The van der Waals surface area contributed by atoms with E-state index in [9.17, 15) is 13.5 Å². The summed E-state index contributed by atoms with van der Waals surface area (Å²) in [4.78, 5) is 1.28. The highest BCUT2D eigenvalue weighted by Gasteiger charge is 2.24. The topological polar surface area (TPSA) is 74.6 Å². The summed E-state index contributed by atoms with van der Waals surface area (Å²) in [6.45, 7) is 6.77. The molecule has 1 atom stereocenters. The molecule has 0 aromatic heterocycles. The van der Waals surface area contributed by atoms with Crippen molar-refractivity contribution in [3.63, 3.8) is 0 Å². The molecule has 0 heterocycles. The number of aliphatic hydroxyl groups is 1. The summed E-state index contributed by atoms with van der Waals surface area (Å²) in [6.07, 6.45) is 6.01. The lowest BCUT2D eigenvalue weighted by Gasteiger charge is -2.28. The summed E-state index contributed by atoms with van der Waals surface area (Å²) >= 11 is 1.88. The van der Waals surface area contributed by atoms with Crippen molar-refractivity contribution in [3.8, 4) is 0 Å². The van der Waals surface area contributed by atoms with E-state index in [0.29, 0.717) is 6.26 Å². The molecule has 0 saturated heterocycles. The fourth-order valence-electron chi connectivity index (χ4n) is 1.90. The average molecular weight is 361 g/mol. The molecular weight excluding hydrogens is 332 g/mol. The van der Waals surface area contributed by atoms with Crippen LogP contribution in [-0.4, -0.2) is 35.7 Å². The lowest BCUT2D eigenvalue weighted by molar-refractivity contribution is 0.268. The molecule has 1 unspecified atom stereocenters. The second-order valence-electron chi connectivity index (χ2n) is 5.89. The van der Waals surface area contributed by atoms with E-state index >= 15 is 0 Å². The van der Waals surface area contributed by atoms with E-state index in [1.54, 1.807) is 0 Å². The summed E-state index contributed by atoms with van der Waals surface area (Å²) in [5.41, 5.74) is 1.37. The number of hydrogen-bond donors (Lipinski definition) is 2. The van der Waals surface area contributed by atoms with Gasteiger partial charge >= 0.3 is 0 Å². The molecule has 2 N–H and O–H groups in total. The normalized spacial score (nSPS) is 13.5. The zero-order chi connectivity index (χ0) is 17.9. The Morgan fingerprint density at radius 1 is 1.22 bits per heavy atom. The maximum absolute atomic E-state index is 9.26. The fourth-order valence-corrected chi connectivity index (χ4v) is 3.18. The molecule has 1 aromatic rings. The molecule has 0 aliphatic rings. The third-order valence-corrected chi connectivity index (χ3v) is 4.38. The van der Waals surface area contributed by atoms with Crippen LogP contribution in [0.1, 0.15) is 40.0 Å². The quantitative estimate of drug-likeness (QED) is 0.434. The van der Waals surface area contributed by atoms with Crippen molar-refractivity contribution in [2.24, 2.45) is 0 Å². The molecule has 6 heteroatoms. The molecule has 1 rings (SSSR count). The van der Waals surface area contributed by atoms with Crippen LogP contribution in [0.2, 0.25) is 0 Å². The Morgan fingerprint density at radius 2 is 1.74 bits per heavy atom. The van der Waals surface area contributed by atoms with E-state index < -0.39 is 10.1 Å². The molecule has 4 nitrogen and oxygen atoms in total. The molecule has 0 saturated carbocycles. The van der Waals surface area contributed by atoms with Crippen molar-refractivity contribution < 1.29 is 18.1 Å². The van der Waals surface area contributed by atoms with E-state index in [0.717, 1.165) is 19.3 Å². The molecule has 0 aliphatic carbocycles. The van der Waals surface area contributed by atoms with Crippen LogP contribution in [0.3, 0.4) is 0 Å². The van der Waals surface area contributed by atoms with Crippen LogP contribution < -0.4 is 0 Å². The number of hydrogen-bond acceptors (Lipinski definition) is 4. The minimum atomic E-state index is -3.67. The molecule has 0 radical (unpaired) electrons. The monoisotopic (exact) mass is 360 g/mol. The smallest absolute Gasteiger partial charge is 0.261 e. The molecular formula is C17H28O4S2. The summed E-state index contributed by atoms with van der Waals surface area (Å²) in [5, 5.41) is 9.26. The zero-order valence-corrected chi connectivity index (χ0v) is 16.0. The first-order valence-electron chi connectivity index (χ1n) is 7.46. The van der Waals surface area contributed by atoms with Gasteiger partial charge in [-0.2, -0.15) is 8.42 Å². The number of benzene rings is 1. The van der Waals surface area contributed by atoms with Gasteiger partial charge < -0.3 is 5.11 Å². The largest absolute Gasteiger partial charge is 0.396 e. The van der Waals surface area contributed by atoms with Crippen molar-refractivity contribution >= 4 is 21.9 Å². The predicted octanol–water partition coefficient (Wildman–Crippen LogP) is 4.17. The summed E-state index contributed by atoms with van der Waals surface area (Å²) < 4.78 is 26.0. The van der Waals surface area contributed by atoms with Gasteiger partial charge in [-0.25, -0.2) is 0 Å². The minimum Gasteiger partial charge on any atom is -0.396 e. The fraction of sp³-hybridized carbons (Fsp3) is 0.529. The van der Waals surface area contributed by atoms with Gasteiger partial charge in [-0.15, -0.1) is 11.8 Å². The molecule has 1 aromatic carbocycles. The second kappa shape index (κ2) is 10.9. The Hall–Kier alpha value is -0.820. The lowest BCUT2D eigenvalue weighted by atomic mass is 10.0. The number of thioether (sulfide) groups is 1. The Bertz CT molecular complexity index is 556. The second-order valence-corrected chi connectivity index (χ2v) is 9.02. The number of aliphatic hydroxyl groups excluding tert-OH is 1. The van der Waals surface area contributed by atoms with Gasteiger partial charge in [0.25, 0.3) is 10.1 Å². The standard InChI is InChI=1S/C16H24OS.CH4O3S/c1-14(2)8-7-11-16(3,12-13-17)18-15-9-5-4-6-10-15;1-5(2,3)4/h4-6,8-10,17H,7,11-13H2,1-3H3;1H3,(H,2,3,4). The third-order valence-electron chi connectivity index (χ3n) is 2.97. The summed E-state index contributed by atoms with van der Waals surface area (Å²) in [5.74, 6) is 0. The van der Waals surface area contributed by atoms with Gasteiger partial charge in [0.2, 0.25) is 0 Å². The first kappa shape index (κ1) is 22.2. The van der Waals surface area contributed by atoms with Crippen molar-refractivity contribution in [2.45, 2.75) is 49.7 Å². The van der Waals surface area contributed by atoms with Crippen LogP contribution in [0.15, 0.2) is 46.9 Å². The summed E-state index contributed by atoms with van der Waals surface area (Å²) in [6, 6.07) is 10.5.